The Morgan fingerprint density at radius 2 is 0.886 bits per heavy atom. The molecule has 2 rings (SSSR count). The summed E-state index contributed by atoms with van der Waals surface area (Å²) in [5.41, 5.74) is -16.7. The molecule has 0 aromatic heterocycles. The standard InChI is InChI=1S/C8F16.C7H4ClF3/c9-1(7(19,20)21)3(11,12)2(10,8(22,23)24)5(15,16)6(17,18)4(1,13)14;1-3-2-4(9)5(8)7(11)6(3)10/h;2H,1H3. The van der Waals surface area contributed by atoms with Crippen LogP contribution in [0, 0.1) is 24.4 Å². The molecule has 2 atom stereocenters. The molecule has 0 saturated heterocycles. The number of rotatable bonds is 0. The molecular formula is C15H4ClF19. The molecule has 0 heterocycles. The first-order valence-electron chi connectivity index (χ1n) is 7.86. The van der Waals surface area contributed by atoms with Gasteiger partial charge in [-0.2, -0.15) is 61.5 Å². The van der Waals surface area contributed by atoms with E-state index in [-0.39, 0.29) is 5.56 Å². The molecular weight excluding hydrogens is 577 g/mol. The maximum Gasteiger partial charge on any atom is 0.435 e. The van der Waals surface area contributed by atoms with Crippen LogP contribution < -0.4 is 0 Å². The van der Waals surface area contributed by atoms with Crippen LogP contribution in [0.15, 0.2) is 6.07 Å². The van der Waals surface area contributed by atoms with Gasteiger partial charge in [0.2, 0.25) is 0 Å². The highest BCUT2D eigenvalue weighted by Gasteiger charge is 3.08. The van der Waals surface area contributed by atoms with Crippen LogP contribution in [-0.4, -0.2) is 47.4 Å². The highest BCUT2D eigenvalue weighted by Crippen LogP contribution is 2.74. The quantitative estimate of drug-likeness (QED) is 0.165. The van der Waals surface area contributed by atoms with Crippen molar-refractivity contribution in [3.63, 3.8) is 0 Å². The van der Waals surface area contributed by atoms with Crippen molar-refractivity contribution in [1.29, 1.82) is 0 Å². The van der Waals surface area contributed by atoms with E-state index in [9.17, 15) is 83.4 Å². The molecule has 0 nitrogen and oxygen atoms in total. The molecule has 35 heavy (non-hydrogen) atoms. The normalized spacial score (nSPS) is 29.3. The Morgan fingerprint density at radius 1 is 0.571 bits per heavy atom. The fraction of sp³-hybridized carbons (Fsp3) is 0.600. The van der Waals surface area contributed by atoms with Crippen molar-refractivity contribution in [2.24, 2.45) is 0 Å². The summed E-state index contributed by atoms with van der Waals surface area (Å²) >= 11 is 5.06. The predicted octanol–water partition coefficient (Wildman–Crippen LogP) is 8.15. The first-order chi connectivity index (χ1) is 15.0. The molecule has 1 aromatic rings. The molecule has 1 aromatic carbocycles. The van der Waals surface area contributed by atoms with Crippen LogP contribution in [0.5, 0.6) is 0 Å². The Morgan fingerprint density at radius 3 is 1.17 bits per heavy atom. The van der Waals surface area contributed by atoms with Gasteiger partial charge in [-0.25, -0.2) is 22.0 Å². The zero-order valence-electron chi connectivity index (χ0n) is 15.6. The summed E-state index contributed by atoms with van der Waals surface area (Å²) in [6, 6.07) is 0.848. The van der Waals surface area contributed by atoms with Gasteiger partial charge in [-0.1, -0.05) is 11.6 Å². The molecule has 1 aliphatic rings. The van der Waals surface area contributed by atoms with Gasteiger partial charge in [0.1, 0.15) is 10.8 Å². The van der Waals surface area contributed by atoms with Crippen molar-refractivity contribution in [3.8, 4) is 0 Å². The van der Waals surface area contributed by atoms with E-state index in [2.05, 4.69) is 0 Å². The van der Waals surface area contributed by atoms with Crippen molar-refractivity contribution in [2.75, 3.05) is 0 Å². The highest BCUT2D eigenvalue weighted by molar-refractivity contribution is 6.30. The first-order valence-corrected chi connectivity index (χ1v) is 8.23. The van der Waals surface area contributed by atoms with Gasteiger partial charge < -0.3 is 0 Å². The fourth-order valence-electron chi connectivity index (χ4n) is 2.66. The Balaban J connectivity index is 0.000000462. The molecule has 1 saturated carbocycles. The smallest absolute Gasteiger partial charge is 0.220 e. The zero-order chi connectivity index (χ0) is 28.6. The van der Waals surface area contributed by atoms with Gasteiger partial charge in [0.15, 0.2) is 11.6 Å². The summed E-state index contributed by atoms with van der Waals surface area (Å²) in [5.74, 6) is -36.2. The van der Waals surface area contributed by atoms with Gasteiger partial charge in [-0.05, 0) is 18.6 Å². The molecule has 204 valence electrons. The average Bonchev–Trinajstić information content (AvgIpc) is 2.66. The van der Waals surface area contributed by atoms with Crippen molar-refractivity contribution < 1.29 is 83.4 Å². The molecule has 1 aliphatic carbocycles. The maximum atomic E-state index is 13.3. The van der Waals surface area contributed by atoms with E-state index in [1.54, 1.807) is 0 Å². The Bertz CT molecular complexity index is 906. The third-order valence-electron chi connectivity index (χ3n) is 4.59. The summed E-state index contributed by atoms with van der Waals surface area (Å²) in [4.78, 5) is 0. The topological polar surface area (TPSA) is 0 Å². The van der Waals surface area contributed by atoms with Crippen LogP contribution in [0.2, 0.25) is 5.02 Å². The van der Waals surface area contributed by atoms with Crippen molar-refractivity contribution in [2.45, 2.75) is 54.3 Å². The van der Waals surface area contributed by atoms with Gasteiger partial charge in [0.25, 0.3) is 0 Å². The summed E-state index contributed by atoms with van der Waals surface area (Å²) in [7, 11) is 0. The third-order valence-corrected chi connectivity index (χ3v) is 4.93. The van der Waals surface area contributed by atoms with Crippen molar-refractivity contribution >= 4 is 11.6 Å². The van der Waals surface area contributed by atoms with Crippen LogP contribution in [0.25, 0.3) is 0 Å². The second kappa shape index (κ2) is 8.09. The molecule has 0 N–H and O–H groups in total. The average molecular weight is 581 g/mol. The number of benzene rings is 1. The number of halogens is 20. The van der Waals surface area contributed by atoms with Gasteiger partial charge in [-0.3, -0.25) is 0 Å². The number of alkyl halides is 16. The fourth-order valence-corrected chi connectivity index (χ4v) is 2.80. The molecule has 0 radical (unpaired) electrons. The minimum atomic E-state index is -8.38. The van der Waals surface area contributed by atoms with Crippen LogP contribution in [-0.2, 0) is 0 Å². The van der Waals surface area contributed by atoms with E-state index in [0.29, 0.717) is 0 Å². The van der Waals surface area contributed by atoms with E-state index in [4.69, 9.17) is 11.6 Å². The van der Waals surface area contributed by atoms with Crippen LogP contribution >= 0.6 is 11.6 Å². The van der Waals surface area contributed by atoms with Gasteiger partial charge in [-0.15, -0.1) is 0 Å². The third kappa shape index (κ3) is 3.60. The van der Waals surface area contributed by atoms with E-state index < -0.39 is 69.9 Å². The van der Waals surface area contributed by atoms with E-state index in [1.165, 1.54) is 6.92 Å². The van der Waals surface area contributed by atoms with Crippen LogP contribution in [0.4, 0.5) is 83.4 Å². The Hall–Kier alpha value is -1.82. The van der Waals surface area contributed by atoms with E-state index in [0.717, 1.165) is 6.07 Å². The number of aryl methyl sites for hydroxylation is 1. The molecule has 0 aliphatic heterocycles. The lowest BCUT2D eigenvalue weighted by atomic mass is 9.66. The minimum Gasteiger partial charge on any atom is -0.220 e. The SMILES string of the molecule is Cc1cc(F)c(Cl)c(F)c1F.FC(F)(F)C1(F)C(F)(F)C(F)(F)C(F)(F)C(F)(C(F)(F)F)C1(F)F. The second-order valence-electron chi connectivity index (χ2n) is 6.73. The van der Waals surface area contributed by atoms with Crippen LogP contribution in [0.1, 0.15) is 5.56 Å². The first kappa shape index (κ1) is 31.2. The Labute approximate surface area is 184 Å². The summed E-state index contributed by atoms with van der Waals surface area (Å²) in [6.45, 7) is 1.26. The lowest BCUT2D eigenvalue weighted by Gasteiger charge is -2.55. The number of hydrogen-bond donors (Lipinski definition) is 0. The minimum absolute atomic E-state index is 0.0931. The Kier molecular flexibility index (Phi) is 7.22. The summed E-state index contributed by atoms with van der Waals surface area (Å²) in [5, 5.41) is -0.798. The molecule has 0 bridgehead atoms. The molecule has 0 amide bonds. The number of hydrogen-bond acceptors (Lipinski definition) is 0. The van der Waals surface area contributed by atoms with Gasteiger partial charge in [0.05, 0.1) is 0 Å². The highest BCUT2D eigenvalue weighted by atomic mass is 35.5. The van der Waals surface area contributed by atoms with E-state index >= 15 is 0 Å². The predicted molar refractivity (Wildman–Crippen MR) is 75.6 cm³/mol. The monoisotopic (exact) mass is 580 g/mol. The largest absolute Gasteiger partial charge is 0.435 e. The zero-order valence-corrected chi connectivity index (χ0v) is 16.4. The van der Waals surface area contributed by atoms with E-state index in [1.807, 2.05) is 0 Å². The summed E-state index contributed by atoms with van der Waals surface area (Å²) in [6.07, 6.45) is -16.0. The van der Waals surface area contributed by atoms with Crippen LogP contribution in [0.3, 0.4) is 0 Å². The van der Waals surface area contributed by atoms with Gasteiger partial charge >= 0.3 is 47.4 Å². The lowest BCUT2D eigenvalue weighted by molar-refractivity contribution is -0.523. The molecule has 2 unspecified atom stereocenters. The van der Waals surface area contributed by atoms with Crippen molar-refractivity contribution in [1.82, 2.24) is 0 Å². The summed E-state index contributed by atoms with van der Waals surface area (Å²) < 4.78 is 241. The molecule has 1 fully saturated rings. The maximum absolute atomic E-state index is 13.3. The van der Waals surface area contributed by atoms with Crippen molar-refractivity contribution in [3.05, 3.63) is 34.1 Å². The molecule has 20 heteroatoms. The molecule has 0 spiro atoms. The lowest BCUT2D eigenvalue weighted by Crippen LogP contribution is -2.90. The van der Waals surface area contributed by atoms with Gasteiger partial charge in [0, 0.05) is 0 Å². The second-order valence-corrected chi connectivity index (χ2v) is 7.11.